The topological polar surface area (TPSA) is 66.0 Å². The first kappa shape index (κ1) is 23.7. The molecule has 0 bridgehead atoms. The molecule has 0 heterocycles. The van der Waals surface area contributed by atoms with Gasteiger partial charge in [-0.2, -0.15) is 0 Å². The monoisotopic (exact) mass is 496 g/mol. The van der Waals surface area contributed by atoms with Crippen molar-refractivity contribution in [3.63, 3.8) is 0 Å². The Morgan fingerprint density at radius 3 is 2.46 bits per heavy atom. The molecule has 28 heavy (non-hydrogen) atoms. The maximum absolute atomic E-state index is 11.8. The van der Waals surface area contributed by atoms with E-state index in [0.29, 0.717) is 12.1 Å². The molecule has 2 rings (SSSR count). The van der Waals surface area contributed by atoms with Gasteiger partial charge in [0.15, 0.2) is 5.96 Å². The standard InChI is InChI=1S/C21H28N4O2.HI/c1-5-23-21(25(3)15-16-9-11-19(27-4)12-10-16)24-14-17-7-6-8-18(13-17)20(26)22-2;/h6-13H,5,14-15H2,1-4H3,(H,22,26)(H,23,24);1H. The number of hydrogen-bond acceptors (Lipinski definition) is 3. The number of nitrogens with one attached hydrogen (secondary N) is 2. The zero-order valence-electron chi connectivity index (χ0n) is 16.9. The van der Waals surface area contributed by atoms with E-state index >= 15 is 0 Å². The molecule has 0 atom stereocenters. The van der Waals surface area contributed by atoms with Crippen molar-refractivity contribution in [1.82, 2.24) is 15.5 Å². The first-order valence-corrected chi connectivity index (χ1v) is 9.00. The molecule has 6 nitrogen and oxygen atoms in total. The zero-order valence-corrected chi connectivity index (χ0v) is 19.2. The maximum atomic E-state index is 11.8. The number of halogens is 1. The molecule has 0 aromatic heterocycles. The number of ether oxygens (including phenoxy) is 1. The van der Waals surface area contributed by atoms with Crippen molar-refractivity contribution < 1.29 is 9.53 Å². The Morgan fingerprint density at radius 2 is 1.86 bits per heavy atom. The van der Waals surface area contributed by atoms with Crippen LogP contribution in [0.3, 0.4) is 0 Å². The third-order valence-electron chi connectivity index (χ3n) is 4.10. The van der Waals surface area contributed by atoms with Gasteiger partial charge in [0, 0.05) is 32.7 Å². The molecule has 0 spiro atoms. The van der Waals surface area contributed by atoms with E-state index in [0.717, 1.165) is 30.4 Å². The average Bonchev–Trinajstić information content (AvgIpc) is 2.71. The van der Waals surface area contributed by atoms with Gasteiger partial charge in [0.25, 0.3) is 5.91 Å². The number of rotatable bonds is 7. The summed E-state index contributed by atoms with van der Waals surface area (Å²) in [4.78, 5) is 18.6. The second-order valence-corrected chi connectivity index (χ2v) is 6.15. The average molecular weight is 496 g/mol. The summed E-state index contributed by atoms with van der Waals surface area (Å²) in [6.07, 6.45) is 0. The van der Waals surface area contributed by atoms with E-state index in [2.05, 4.69) is 15.5 Å². The number of nitrogens with zero attached hydrogens (tertiary/aromatic N) is 2. The van der Waals surface area contributed by atoms with Crippen LogP contribution < -0.4 is 15.4 Å². The molecule has 0 aliphatic carbocycles. The first-order chi connectivity index (χ1) is 13.1. The van der Waals surface area contributed by atoms with Crippen LogP contribution in [0, 0.1) is 0 Å². The number of carbonyl (C=O) groups is 1. The second kappa shape index (κ2) is 12.2. The predicted octanol–water partition coefficient (Wildman–Crippen LogP) is 3.27. The summed E-state index contributed by atoms with van der Waals surface area (Å²) in [5.41, 5.74) is 2.80. The number of guanidine groups is 1. The van der Waals surface area contributed by atoms with Gasteiger partial charge in [0.05, 0.1) is 13.7 Å². The quantitative estimate of drug-likeness (QED) is 0.351. The fourth-order valence-electron chi connectivity index (χ4n) is 2.67. The molecule has 152 valence electrons. The van der Waals surface area contributed by atoms with Crippen LogP contribution in [0.4, 0.5) is 0 Å². The molecule has 2 aromatic carbocycles. The van der Waals surface area contributed by atoms with Crippen LogP contribution >= 0.6 is 24.0 Å². The highest BCUT2D eigenvalue weighted by Crippen LogP contribution is 2.13. The number of methoxy groups -OCH3 is 1. The molecule has 7 heteroatoms. The number of benzene rings is 2. The van der Waals surface area contributed by atoms with E-state index in [9.17, 15) is 4.79 Å². The minimum absolute atomic E-state index is 0. The summed E-state index contributed by atoms with van der Waals surface area (Å²) in [6.45, 7) is 4.06. The van der Waals surface area contributed by atoms with Gasteiger partial charge in [0.1, 0.15) is 5.75 Å². The summed E-state index contributed by atoms with van der Waals surface area (Å²) < 4.78 is 5.20. The number of carbonyl (C=O) groups excluding carboxylic acids is 1. The van der Waals surface area contributed by atoms with Crippen LogP contribution in [-0.2, 0) is 13.1 Å². The summed E-state index contributed by atoms with van der Waals surface area (Å²) in [6, 6.07) is 15.5. The molecular weight excluding hydrogens is 467 g/mol. The molecule has 0 saturated heterocycles. The molecule has 1 amide bonds. The Hall–Kier alpha value is -2.29. The summed E-state index contributed by atoms with van der Waals surface area (Å²) in [5, 5.41) is 5.96. The number of hydrogen-bond donors (Lipinski definition) is 2. The van der Waals surface area contributed by atoms with Gasteiger partial charge in [-0.15, -0.1) is 24.0 Å². The van der Waals surface area contributed by atoms with Crippen LogP contribution in [0.1, 0.15) is 28.4 Å². The highest BCUT2D eigenvalue weighted by atomic mass is 127. The van der Waals surface area contributed by atoms with Gasteiger partial charge >= 0.3 is 0 Å². The van der Waals surface area contributed by atoms with Crippen molar-refractivity contribution in [2.24, 2.45) is 4.99 Å². The van der Waals surface area contributed by atoms with Crippen molar-refractivity contribution in [3.05, 3.63) is 65.2 Å². The predicted molar refractivity (Wildman–Crippen MR) is 125 cm³/mol. The Balaban J connectivity index is 0.00000392. The van der Waals surface area contributed by atoms with Crippen molar-refractivity contribution in [1.29, 1.82) is 0 Å². The third-order valence-corrected chi connectivity index (χ3v) is 4.10. The van der Waals surface area contributed by atoms with Crippen molar-refractivity contribution in [2.75, 3.05) is 27.7 Å². The summed E-state index contributed by atoms with van der Waals surface area (Å²) in [7, 11) is 5.30. The van der Waals surface area contributed by atoms with Crippen LogP contribution in [0.25, 0.3) is 0 Å². The minimum Gasteiger partial charge on any atom is -0.497 e. The largest absolute Gasteiger partial charge is 0.497 e. The van der Waals surface area contributed by atoms with Gasteiger partial charge in [-0.3, -0.25) is 4.79 Å². The van der Waals surface area contributed by atoms with Gasteiger partial charge in [-0.25, -0.2) is 4.99 Å². The maximum Gasteiger partial charge on any atom is 0.251 e. The lowest BCUT2D eigenvalue weighted by Gasteiger charge is -2.22. The molecule has 0 aliphatic rings. The minimum atomic E-state index is -0.0932. The van der Waals surface area contributed by atoms with Crippen LogP contribution in [-0.4, -0.2) is 44.5 Å². The lowest BCUT2D eigenvalue weighted by Crippen LogP contribution is -2.38. The lowest BCUT2D eigenvalue weighted by molar-refractivity contribution is 0.0963. The Morgan fingerprint density at radius 1 is 1.14 bits per heavy atom. The summed E-state index contributed by atoms with van der Waals surface area (Å²) >= 11 is 0. The van der Waals surface area contributed by atoms with Crippen LogP contribution in [0.5, 0.6) is 5.75 Å². The second-order valence-electron chi connectivity index (χ2n) is 6.15. The smallest absolute Gasteiger partial charge is 0.251 e. The zero-order chi connectivity index (χ0) is 19.6. The summed E-state index contributed by atoms with van der Waals surface area (Å²) in [5.74, 6) is 1.57. The van der Waals surface area contributed by atoms with Gasteiger partial charge in [-0.1, -0.05) is 24.3 Å². The number of amides is 1. The highest BCUT2D eigenvalue weighted by molar-refractivity contribution is 14.0. The Labute approximate surface area is 184 Å². The van der Waals surface area contributed by atoms with Crippen molar-refractivity contribution in [2.45, 2.75) is 20.0 Å². The fraction of sp³-hybridized carbons (Fsp3) is 0.333. The van der Waals surface area contributed by atoms with E-state index in [4.69, 9.17) is 9.73 Å². The molecule has 0 radical (unpaired) electrons. The number of aliphatic imine (C=N–C) groups is 1. The third kappa shape index (κ3) is 7.03. The van der Waals surface area contributed by atoms with Crippen molar-refractivity contribution >= 4 is 35.8 Å². The first-order valence-electron chi connectivity index (χ1n) is 9.00. The van der Waals surface area contributed by atoms with Crippen molar-refractivity contribution in [3.8, 4) is 5.75 Å². The fourth-order valence-corrected chi connectivity index (χ4v) is 2.67. The normalized spacial score (nSPS) is 10.6. The van der Waals surface area contributed by atoms with Gasteiger partial charge in [0.2, 0.25) is 0 Å². The van der Waals surface area contributed by atoms with E-state index in [1.165, 1.54) is 5.56 Å². The van der Waals surface area contributed by atoms with Crippen LogP contribution in [0.2, 0.25) is 0 Å². The molecular formula is C21H29IN4O2. The van der Waals surface area contributed by atoms with E-state index in [1.54, 1.807) is 20.2 Å². The Kier molecular flexibility index (Phi) is 10.4. The molecule has 0 fully saturated rings. The molecule has 2 N–H and O–H groups in total. The van der Waals surface area contributed by atoms with E-state index in [1.807, 2.05) is 56.4 Å². The molecule has 0 aliphatic heterocycles. The van der Waals surface area contributed by atoms with E-state index < -0.39 is 0 Å². The SMILES string of the molecule is CCNC(=NCc1cccc(C(=O)NC)c1)N(C)Cc1ccc(OC)cc1.I. The molecule has 0 unspecified atom stereocenters. The lowest BCUT2D eigenvalue weighted by atomic mass is 10.1. The molecule has 2 aromatic rings. The molecule has 0 saturated carbocycles. The van der Waals surface area contributed by atoms with Crippen LogP contribution in [0.15, 0.2) is 53.5 Å². The van der Waals surface area contributed by atoms with E-state index in [-0.39, 0.29) is 29.9 Å². The van der Waals surface area contributed by atoms with Gasteiger partial charge < -0.3 is 20.3 Å². The highest BCUT2D eigenvalue weighted by Gasteiger charge is 2.08. The Bertz CT molecular complexity index is 778. The van der Waals surface area contributed by atoms with Gasteiger partial charge in [-0.05, 0) is 42.3 Å².